The Bertz CT molecular complexity index is 283. The Kier molecular flexibility index (Phi) is 6.04. The molecular weight excluding hydrogens is 202 g/mol. The third-order valence-corrected chi connectivity index (χ3v) is 1.87. The predicted octanol–water partition coefficient (Wildman–Crippen LogP) is 2.96. The van der Waals surface area contributed by atoms with Crippen LogP contribution in [0.4, 0.5) is 0 Å². The molecule has 0 unspecified atom stereocenters. The molecule has 1 aromatic heterocycles. The molecule has 1 aromatic rings. The van der Waals surface area contributed by atoms with Crippen LogP contribution >= 0.6 is 12.4 Å². The summed E-state index contributed by atoms with van der Waals surface area (Å²) in [4.78, 5) is 0. The smallest absolute Gasteiger partial charge is 0.180 e. The third kappa shape index (κ3) is 3.83. The second-order valence-electron chi connectivity index (χ2n) is 2.88. The molecule has 0 spiro atoms. The summed E-state index contributed by atoms with van der Waals surface area (Å²) < 4.78 is 10.3. The summed E-state index contributed by atoms with van der Waals surface area (Å²) in [5.41, 5.74) is 1.14. The van der Waals surface area contributed by atoms with Crippen LogP contribution in [0.3, 0.4) is 0 Å². The van der Waals surface area contributed by atoms with Gasteiger partial charge in [0.15, 0.2) is 5.90 Å². The molecule has 80 valence electrons. The SMILES string of the molecule is CCOC(=N)CCc1occc1C.Cl. The Labute approximate surface area is 90.4 Å². The summed E-state index contributed by atoms with van der Waals surface area (Å²) >= 11 is 0. The molecule has 0 bridgehead atoms. The van der Waals surface area contributed by atoms with Crippen LogP contribution in [0, 0.1) is 12.3 Å². The van der Waals surface area contributed by atoms with Crippen molar-refractivity contribution in [1.82, 2.24) is 0 Å². The van der Waals surface area contributed by atoms with Crippen molar-refractivity contribution < 1.29 is 9.15 Å². The normalized spacial score (nSPS) is 9.29. The van der Waals surface area contributed by atoms with Crippen molar-refractivity contribution in [2.75, 3.05) is 6.61 Å². The van der Waals surface area contributed by atoms with Crippen molar-refractivity contribution in [2.45, 2.75) is 26.7 Å². The zero-order valence-corrected chi connectivity index (χ0v) is 9.32. The first-order chi connectivity index (χ1) is 6.24. The molecule has 1 heterocycles. The van der Waals surface area contributed by atoms with Gasteiger partial charge < -0.3 is 9.15 Å². The molecule has 14 heavy (non-hydrogen) atoms. The van der Waals surface area contributed by atoms with Crippen molar-refractivity contribution in [2.24, 2.45) is 0 Å². The van der Waals surface area contributed by atoms with Crippen LogP contribution in [0.15, 0.2) is 16.7 Å². The number of hydrogen-bond acceptors (Lipinski definition) is 3. The Hall–Kier alpha value is -0.960. The Morgan fingerprint density at radius 2 is 2.29 bits per heavy atom. The molecule has 4 heteroatoms. The van der Waals surface area contributed by atoms with Gasteiger partial charge in [-0.3, -0.25) is 5.41 Å². The largest absolute Gasteiger partial charge is 0.481 e. The van der Waals surface area contributed by atoms with E-state index in [1.807, 2.05) is 19.9 Å². The predicted molar refractivity (Wildman–Crippen MR) is 58.4 cm³/mol. The highest BCUT2D eigenvalue weighted by Crippen LogP contribution is 2.11. The standard InChI is InChI=1S/C10H15NO2.ClH/c1-3-12-10(11)5-4-9-8(2)6-7-13-9;/h6-7,11H,3-5H2,1-2H3;1H. The van der Waals surface area contributed by atoms with E-state index in [4.69, 9.17) is 14.6 Å². The Balaban J connectivity index is 0.00000169. The highest BCUT2D eigenvalue weighted by Gasteiger charge is 2.04. The van der Waals surface area contributed by atoms with Crippen LogP contribution in [0.25, 0.3) is 0 Å². The molecule has 0 radical (unpaired) electrons. The molecule has 1 rings (SSSR count). The van der Waals surface area contributed by atoms with E-state index in [0.29, 0.717) is 18.9 Å². The van der Waals surface area contributed by atoms with Gasteiger partial charge in [-0.15, -0.1) is 12.4 Å². The minimum absolute atomic E-state index is 0. The van der Waals surface area contributed by atoms with Crippen LogP contribution in [-0.2, 0) is 11.2 Å². The molecule has 0 saturated heterocycles. The van der Waals surface area contributed by atoms with Crippen LogP contribution in [0.2, 0.25) is 0 Å². The Morgan fingerprint density at radius 3 is 2.79 bits per heavy atom. The molecule has 0 fully saturated rings. The second kappa shape index (κ2) is 6.49. The van der Waals surface area contributed by atoms with E-state index in [0.717, 1.165) is 17.7 Å². The van der Waals surface area contributed by atoms with Gasteiger partial charge >= 0.3 is 0 Å². The summed E-state index contributed by atoms with van der Waals surface area (Å²) in [6.45, 7) is 4.45. The van der Waals surface area contributed by atoms with E-state index in [1.54, 1.807) is 6.26 Å². The van der Waals surface area contributed by atoms with Gasteiger partial charge in [0.25, 0.3) is 0 Å². The molecule has 0 amide bonds. The zero-order valence-electron chi connectivity index (χ0n) is 8.50. The first-order valence-electron chi connectivity index (χ1n) is 4.47. The van der Waals surface area contributed by atoms with Gasteiger partial charge in [-0.25, -0.2) is 0 Å². The molecular formula is C10H16ClNO2. The van der Waals surface area contributed by atoms with Gasteiger partial charge in [0, 0.05) is 12.8 Å². The highest BCUT2D eigenvalue weighted by molar-refractivity contribution is 5.85. The monoisotopic (exact) mass is 217 g/mol. The molecule has 0 aliphatic heterocycles. The van der Waals surface area contributed by atoms with Crippen LogP contribution in [0.5, 0.6) is 0 Å². The van der Waals surface area contributed by atoms with Crippen molar-refractivity contribution in [1.29, 1.82) is 5.41 Å². The number of rotatable bonds is 4. The number of halogens is 1. The summed E-state index contributed by atoms with van der Waals surface area (Å²) in [6.07, 6.45) is 3.04. The van der Waals surface area contributed by atoms with E-state index in [2.05, 4.69) is 0 Å². The lowest BCUT2D eigenvalue weighted by Gasteiger charge is -2.03. The number of ether oxygens (including phenoxy) is 1. The number of furan rings is 1. The maximum Gasteiger partial charge on any atom is 0.180 e. The number of aryl methyl sites for hydroxylation is 2. The van der Waals surface area contributed by atoms with E-state index in [1.165, 1.54) is 0 Å². The fourth-order valence-corrected chi connectivity index (χ4v) is 1.13. The van der Waals surface area contributed by atoms with Crippen molar-refractivity contribution in [3.63, 3.8) is 0 Å². The van der Waals surface area contributed by atoms with Crippen LogP contribution in [-0.4, -0.2) is 12.5 Å². The van der Waals surface area contributed by atoms with E-state index >= 15 is 0 Å². The first kappa shape index (κ1) is 13.0. The molecule has 0 aromatic carbocycles. The first-order valence-corrected chi connectivity index (χ1v) is 4.47. The minimum atomic E-state index is 0. The van der Waals surface area contributed by atoms with Gasteiger partial charge in [0.1, 0.15) is 5.76 Å². The maximum atomic E-state index is 7.40. The van der Waals surface area contributed by atoms with Crippen molar-refractivity contribution in [3.05, 3.63) is 23.7 Å². The lowest BCUT2D eigenvalue weighted by atomic mass is 10.2. The topological polar surface area (TPSA) is 46.2 Å². The summed E-state index contributed by atoms with van der Waals surface area (Å²) in [6, 6.07) is 1.93. The number of nitrogens with one attached hydrogen (secondary N) is 1. The molecule has 0 aliphatic carbocycles. The van der Waals surface area contributed by atoms with Crippen LogP contribution in [0.1, 0.15) is 24.7 Å². The summed E-state index contributed by atoms with van der Waals surface area (Å²) in [5, 5.41) is 7.40. The summed E-state index contributed by atoms with van der Waals surface area (Å²) in [7, 11) is 0. The van der Waals surface area contributed by atoms with Gasteiger partial charge in [-0.1, -0.05) is 0 Å². The molecule has 3 nitrogen and oxygen atoms in total. The summed E-state index contributed by atoms with van der Waals surface area (Å²) in [5.74, 6) is 1.28. The minimum Gasteiger partial charge on any atom is -0.481 e. The second-order valence-corrected chi connectivity index (χ2v) is 2.88. The lowest BCUT2D eigenvalue weighted by molar-refractivity contribution is 0.312. The average Bonchev–Trinajstić information content (AvgIpc) is 2.48. The Morgan fingerprint density at radius 1 is 1.57 bits per heavy atom. The van der Waals surface area contributed by atoms with E-state index in [9.17, 15) is 0 Å². The van der Waals surface area contributed by atoms with Gasteiger partial charge in [-0.05, 0) is 25.5 Å². The van der Waals surface area contributed by atoms with Crippen molar-refractivity contribution in [3.8, 4) is 0 Å². The maximum absolute atomic E-state index is 7.40. The molecule has 1 N–H and O–H groups in total. The average molecular weight is 218 g/mol. The molecule has 0 saturated carbocycles. The van der Waals surface area contributed by atoms with Crippen molar-refractivity contribution >= 4 is 18.3 Å². The third-order valence-electron chi connectivity index (χ3n) is 1.87. The fraction of sp³-hybridized carbons (Fsp3) is 0.500. The van der Waals surface area contributed by atoms with Gasteiger partial charge in [-0.2, -0.15) is 0 Å². The van der Waals surface area contributed by atoms with Crippen LogP contribution < -0.4 is 0 Å². The fourth-order valence-electron chi connectivity index (χ4n) is 1.13. The number of hydrogen-bond donors (Lipinski definition) is 1. The highest BCUT2D eigenvalue weighted by atomic mass is 35.5. The van der Waals surface area contributed by atoms with Gasteiger partial charge in [0.2, 0.25) is 0 Å². The zero-order chi connectivity index (χ0) is 9.68. The van der Waals surface area contributed by atoms with E-state index in [-0.39, 0.29) is 12.4 Å². The quantitative estimate of drug-likeness (QED) is 0.623. The van der Waals surface area contributed by atoms with E-state index < -0.39 is 0 Å². The molecule has 0 atom stereocenters. The molecule has 0 aliphatic rings. The lowest BCUT2D eigenvalue weighted by Crippen LogP contribution is -2.04. The van der Waals surface area contributed by atoms with Gasteiger partial charge in [0.05, 0.1) is 12.9 Å².